The van der Waals surface area contributed by atoms with Gasteiger partial charge in [-0.2, -0.15) is 5.10 Å². The zero-order chi connectivity index (χ0) is 15.6. The summed E-state index contributed by atoms with van der Waals surface area (Å²) >= 11 is 0. The SMILES string of the molecule is CCCCc1c(C)nn(-c2ccc(S(N)(=O)=O)cc2)c1C. The Morgan fingerprint density at radius 1 is 1.19 bits per heavy atom. The first-order valence-corrected chi connectivity index (χ1v) is 8.57. The number of hydrogen-bond acceptors (Lipinski definition) is 3. The quantitative estimate of drug-likeness (QED) is 0.921. The van der Waals surface area contributed by atoms with Gasteiger partial charge in [0.05, 0.1) is 16.3 Å². The lowest BCUT2D eigenvalue weighted by atomic mass is 10.1. The van der Waals surface area contributed by atoms with E-state index < -0.39 is 10.0 Å². The molecule has 0 spiro atoms. The molecule has 1 aromatic heterocycles. The zero-order valence-electron chi connectivity index (χ0n) is 12.6. The fourth-order valence-corrected chi connectivity index (χ4v) is 2.93. The van der Waals surface area contributed by atoms with Crippen LogP contribution in [-0.4, -0.2) is 18.2 Å². The van der Waals surface area contributed by atoms with Crippen molar-refractivity contribution >= 4 is 10.0 Å². The van der Waals surface area contributed by atoms with Gasteiger partial charge in [-0.05, 0) is 56.5 Å². The van der Waals surface area contributed by atoms with Crippen LogP contribution in [0.4, 0.5) is 0 Å². The van der Waals surface area contributed by atoms with Crippen LogP contribution < -0.4 is 5.14 Å². The molecule has 5 nitrogen and oxygen atoms in total. The molecule has 0 saturated carbocycles. The molecule has 0 atom stereocenters. The number of aromatic nitrogens is 2. The second kappa shape index (κ2) is 5.99. The minimum Gasteiger partial charge on any atom is -0.238 e. The molecule has 2 aromatic rings. The number of nitrogens with zero attached hydrogens (tertiary/aromatic N) is 2. The number of benzene rings is 1. The van der Waals surface area contributed by atoms with E-state index in [1.54, 1.807) is 12.1 Å². The van der Waals surface area contributed by atoms with Crippen LogP contribution in [0.25, 0.3) is 5.69 Å². The Balaban J connectivity index is 2.39. The highest BCUT2D eigenvalue weighted by atomic mass is 32.2. The van der Waals surface area contributed by atoms with Gasteiger partial charge in [-0.25, -0.2) is 18.2 Å². The van der Waals surface area contributed by atoms with E-state index in [1.807, 2.05) is 18.5 Å². The summed E-state index contributed by atoms with van der Waals surface area (Å²) in [5, 5.41) is 9.67. The maximum atomic E-state index is 11.3. The number of hydrogen-bond donors (Lipinski definition) is 1. The second-order valence-corrected chi connectivity index (χ2v) is 6.77. The van der Waals surface area contributed by atoms with E-state index in [4.69, 9.17) is 5.14 Å². The van der Waals surface area contributed by atoms with Crippen LogP contribution in [0, 0.1) is 13.8 Å². The standard InChI is InChI=1S/C15H21N3O2S/c1-4-5-6-15-11(2)17-18(12(15)3)13-7-9-14(10-8-13)21(16,19)20/h7-10H,4-6H2,1-3H3,(H2,16,19,20). The van der Waals surface area contributed by atoms with Crippen molar-refractivity contribution in [3.63, 3.8) is 0 Å². The topological polar surface area (TPSA) is 78.0 Å². The average molecular weight is 307 g/mol. The van der Waals surface area contributed by atoms with Gasteiger partial charge >= 0.3 is 0 Å². The molecule has 0 bridgehead atoms. The molecule has 0 saturated heterocycles. The summed E-state index contributed by atoms with van der Waals surface area (Å²) in [4.78, 5) is 0.110. The first kappa shape index (κ1) is 15.7. The van der Waals surface area contributed by atoms with Crippen LogP contribution in [0.15, 0.2) is 29.2 Å². The Kier molecular flexibility index (Phi) is 4.49. The first-order valence-electron chi connectivity index (χ1n) is 7.03. The minimum atomic E-state index is -3.66. The van der Waals surface area contributed by atoms with Crippen molar-refractivity contribution < 1.29 is 8.42 Å². The lowest BCUT2D eigenvalue weighted by Gasteiger charge is -2.06. The van der Waals surface area contributed by atoms with Gasteiger partial charge in [-0.1, -0.05) is 13.3 Å². The molecule has 0 aliphatic heterocycles. The van der Waals surface area contributed by atoms with Crippen molar-refractivity contribution in [2.75, 3.05) is 0 Å². The van der Waals surface area contributed by atoms with E-state index in [0.717, 1.165) is 36.3 Å². The Bertz CT molecular complexity index is 731. The minimum absolute atomic E-state index is 0.110. The smallest absolute Gasteiger partial charge is 0.238 e. The summed E-state index contributed by atoms with van der Waals surface area (Å²) < 4.78 is 24.4. The highest BCUT2D eigenvalue weighted by molar-refractivity contribution is 7.89. The molecule has 1 aromatic carbocycles. The van der Waals surface area contributed by atoms with Crippen LogP contribution in [0.1, 0.15) is 36.7 Å². The van der Waals surface area contributed by atoms with Crippen LogP contribution >= 0.6 is 0 Å². The molecule has 21 heavy (non-hydrogen) atoms. The van der Waals surface area contributed by atoms with E-state index in [-0.39, 0.29) is 4.90 Å². The predicted molar refractivity (Wildman–Crippen MR) is 83.0 cm³/mol. The molecule has 0 aliphatic carbocycles. The highest BCUT2D eigenvalue weighted by Crippen LogP contribution is 2.20. The first-order chi connectivity index (χ1) is 9.84. The fourth-order valence-electron chi connectivity index (χ4n) is 2.42. The van der Waals surface area contributed by atoms with E-state index in [1.165, 1.54) is 17.7 Å². The third kappa shape index (κ3) is 3.33. The molecule has 0 radical (unpaired) electrons. The van der Waals surface area contributed by atoms with Crippen molar-refractivity contribution in [3.05, 3.63) is 41.2 Å². The predicted octanol–water partition coefficient (Wildman–Crippen LogP) is 2.48. The summed E-state index contributed by atoms with van der Waals surface area (Å²) in [5.74, 6) is 0. The lowest BCUT2D eigenvalue weighted by molar-refractivity contribution is 0.598. The summed E-state index contributed by atoms with van der Waals surface area (Å²) in [6, 6.07) is 6.46. The van der Waals surface area contributed by atoms with E-state index in [9.17, 15) is 8.42 Å². The Morgan fingerprint density at radius 2 is 1.81 bits per heavy atom. The number of primary sulfonamides is 1. The van der Waals surface area contributed by atoms with E-state index in [0.29, 0.717) is 0 Å². The average Bonchev–Trinajstić information content (AvgIpc) is 2.71. The Hall–Kier alpha value is -1.66. The summed E-state index contributed by atoms with van der Waals surface area (Å²) in [5.41, 5.74) is 4.24. The van der Waals surface area contributed by atoms with Crippen molar-refractivity contribution in [3.8, 4) is 5.69 Å². The van der Waals surface area contributed by atoms with Crippen LogP contribution in [0.3, 0.4) is 0 Å². The van der Waals surface area contributed by atoms with E-state index in [2.05, 4.69) is 12.0 Å². The maximum Gasteiger partial charge on any atom is 0.238 e. The molecule has 114 valence electrons. The second-order valence-electron chi connectivity index (χ2n) is 5.20. The van der Waals surface area contributed by atoms with Gasteiger partial charge in [0.15, 0.2) is 0 Å². The summed E-state index contributed by atoms with van der Waals surface area (Å²) in [7, 11) is -3.66. The normalized spacial score (nSPS) is 11.8. The molecule has 2 N–H and O–H groups in total. The van der Waals surface area contributed by atoms with Crippen LogP contribution in [-0.2, 0) is 16.4 Å². The number of aryl methyl sites for hydroxylation is 1. The maximum absolute atomic E-state index is 11.3. The fraction of sp³-hybridized carbons (Fsp3) is 0.400. The monoisotopic (exact) mass is 307 g/mol. The molecule has 0 unspecified atom stereocenters. The number of unbranched alkanes of at least 4 members (excludes halogenated alkanes) is 1. The molecule has 0 fully saturated rings. The van der Waals surface area contributed by atoms with Gasteiger partial charge in [0.1, 0.15) is 0 Å². The summed E-state index contributed by atoms with van der Waals surface area (Å²) in [6.07, 6.45) is 3.30. The zero-order valence-corrected chi connectivity index (χ0v) is 13.4. The van der Waals surface area contributed by atoms with Crippen molar-refractivity contribution in [1.29, 1.82) is 0 Å². The Labute approximate surface area is 125 Å². The summed E-state index contributed by atoms with van der Waals surface area (Å²) in [6.45, 7) is 6.22. The highest BCUT2D eigenvalue weighted by Gasteiger charge is 2.13. The van der Waals surface area contributed by atoms with Crippen molar-refractivity contribution in [2.45, 2.75) is 44.9 Å². The molecule has 0 amide bonds. The van der Waals surface area contributed by atoms with Gasteiger partial charge < -0.3 is 0 Å². The molecule has 1 heterocycles. The van der Waals surface area contributed by atoms with Gasteiger partial charge in [0, 0.05) is 5.69 Å². The molecule has 2 rings (SSSR count). The van der Waals surface area contributed by atoms with Gasteiger partial charge in [0.25, 0.3) is 0 Å². The number of nitrogens with two attached hydrogens (primary N) is 1. The lowest BCUT2D eigenvalue weighted by Crippen LogP contribution is -2.12. The number of rotatable bonds is 5. The molecular formula is C15H21N3O2S. The molecule has 6 heteroatoms. The third-order valence-electron chi connectivity index (χ3n) is 3.63. The van der Waals surface area contributed by atoms with Crippen molar-refractivity contribution in [1.82, 2.24) is 9.78 Å². The molecular weight excluding hydrogens is 286 g/mol. The Morgan fingerprint density at radius 3 is 2.33 bits per heavy atom. The van der Waals surface area contributed by atoms with E-state index >= 15 is 0 Å². The van der Waals surface area contributed by atoms with Gasteiger partial charge in [-0.15, -0.1) is 0 Å². The third-order valence-corrected chi connectivity index (χ3v) is 4.56. The van der Waals surface area contributed by atoms with Crippen molar-refractivity contribution in [2.24, 2.45) is 5.14 Å². The molecule has 0 aliphatic rings. The largest absolute Gasteiger partial charge is 0.238 e. The van der Waals surface area contributed by atoms with Gasteiger partial charge in [-0.3, -0.25) is 0 Å². The van der Waals surface area contributed by atoms with Crippen LogP contribution in [0.5, 0.6) is 0 Å². The van der Waals surface area contributed by atoms with Gasteiger partial charge in [0.2, 0.25) is 10.0 Å². The van der Waals surface area contributed by atoms with Crippen LogP contribution in [0.2, 0.25) is 0 Å². The number of sulfonamides is 1.